The van der Waals surface area contributed by atoms with Gasteiger partial charge < -0.3 is 15.8 Å². The molecule has 2 heterocycles. The summed E-state index contributed by atoms with van der Waals surface area (Å²) in [7, 11) is 0. The molecule has 2 aromatic rings. The molecule has 0 saturated carbocycles. The molecule has 0 radical (unpaired) electrons. The van der Waals surface area contributed by atoms with Gasteiger partial charge >= 0.3 is 6.03 Å². The van der Waals surface area contributed by atoms with Crippen LogP contribution in [-0.4, -0.2) is 60.6 Å². The molecular weight excluding hydrogens is 378 g/mol. The molecule has 0 atom stereocenters. The first kappa shape index (κ1) is 20.2. The van der Waals surface area contributed by atoms with Crippen molar-refractivity contribution in [1.29, 1.82) is 0 Å². The molecule has 0 bridgehead atoms. The molecule has 1 saturated heterocycles. The van der Waals surface area contributed by atoms with Crippen LogP contribution < -0.4 is 16.4 Å². The van der Waals surface area contributed by atoms with Gasteiger partial charge in [-0.05, 0) is 31.4 Å². The van der Waals surface area contributed by atoms with E-state index in [0.717, 1.165) is 61.9 Å². The topological polar surface area (TPSA) is 110 Å². The van der Waals surface area contributed by atoms with Gasteiger partial charge in [-0.1, -0.05) is 29.8 Å². The summed E-state index contributed by atoms with van der Waals surface area (Å²) >= 11 is 1.05. The maximum atomic E-state index is 12.2. The van der Waals surface area contributed by atoms with Crippen LogP contribution in [0.15, 0.2) is 24.3 Å². The first-order valence-electron chi connectivity index (χ1n) is 9.26. The van der Waals surface area contributed by atoms with E-state index < -0.39 is 5.91 Å². The fourth-order valence-electron chi connectivity index (χ4n) is 2.99. The number of rotatable bonds is 7. The molecule has 0 aliphatic carbocycles. The standard InChI is InChI=1S/C19H25N5O3S/c1-13-3-5-14(6-4-13)16-15(17(20)25)18(28-23-16)22-19(26)21-7-2-8-24-9-11-27-12-10-24/h3-6H,2,7-12H2,1H3,(H2,20,25)(H2,21,22,26). The van der Waals surface area contributed by atoms with Crippen molar-refractivity contribution < 1.29 is 14.3 Å². The van der Waals surface area contributed by atoms with Crippen LogP contribution in [0.3, 0.4) is 0 Å². The van der Waals surface area contributed by atoms with Crippen LogP contribution >= 0.6 is 11.5 Å². The van der Waals surface area contributed by atoms with E-state index in [9.17, 15) is 9.59 Å². The first-order chi connectivity index (χ1) is 13.5. The Bertz CT molecular complexity index is 815. The molecule has 3 rings (SSSR count). The highest BCUT2D eigenvalue weighted by Crippen LogP contribution is 2.32. The van der Waals surface area contributed by atoms with Crippen LogP contribution in [0, 0.1) is 6.92 Å². The van der Waals surface area contributed by atoms with Gasteiger partial charge in [0, 0.05) is 25.2 Å². The predicted octanol–water partition coefficient (Wildman–Crippen LogP) is 2.06. The number of amides is 3. The number of aryl methyl sites for hydroxylation is 1. The van der Waals surface area contributed by atoms with Crippen molar-refractivity contribution in [1.82, 2.24) is 14.6 Å². The minimum Gasteiger partial charge on any atom is -0.379 e. The van der Waals surface area contributed by atoms with Gasteiger partial charge in [-0.15, -0.1) is 0 Å². The lowest BCUT2D eigenvalue weighted by atomic mass is 10.1. The lowest BCUT2D eigenvalue weighted by molar-refractivity contribution is 0.0375. The van der Waals surface area contributed by atoms with Gasteiger partial charge in [0.25, 0.3) is 5.91 Å². The quantitative estimate of drug-likeness (QED) is 0.613. The van der Waals surface area contributed by atoms with Gasteiger partial charge in [0.1, 0.15) is 10.6 Å². The highest BCUT2D eigenvalue weighted by molar-refractivity contribution is 7.11. The lowest BCUT2D eigenvalue weighted by Crippen LogP contribution is -2.38. The molecule has 9 heteroatoms. The number of hydrogen-bond acceptors (Lipinski definition) is 6. The van der Waals surface area contributed by atoms with E-state index in [2.05, 4.69) is 19.9 Å². The summed E-state index contributed by atoms with van der Waals surface area (Å²) in [5.41, 5.74) is 8.16. The third kappa shape index (κ3) is 5.28. The van der Waals surface area contributed by atoms with Crippen molar-refractivity contribution in [2.75, 3.05) is 44.7 Å². The summed E-state index contributed by atoms with van der Waals surface area (Å²) in [6, 6.07) is 7.27. The number of nitrogens with zero attached hydrogens (tertiary/aromatic N) is 2. The monoisotopic (exact) mass is 403 g/mol. The Morgan fingerprint density at radius 1 is 1.25 bits per heavy atom. The number of carbonyl (C=O) groups excluding carboxylic acids is 2. The molecule has 3 amide bonds. The van der Waals surface area contributed by atoms with Gasteiger partial charge in [0.2, 0.25) is 0 Å². The summed E-state index contributed by atoms with van der Waals surface area (Å²) in [6.45, 7) is 6.81. The van der Waals surface area contributed by atoms with E-state index in [0.29, 0.717) is 17.2 Å². The van der Waals surface area contributed by atoms with Crippen molar-refractivity contribution >= 4 is 28.5 Å². The molecule has 1 aromatic carbocycles. The second-order valence-corrected chi connectivity index (χ2v) is 7.43. The summed E-state index contributed by atoms with van der Waals surface area (Å²) in [4.78, 5) is 26.5. The molecule has 1 aliphatic rings. The van der Waals surface area contributed by atoms with E-state index in [1.165, 1.54) is 0 Å². The van der Waals surface area contributed by atoms with Gasteiger partial charge in [-0.25, -0.2) is 4.79 Å². The molecule has 4 N–H and O–H groups in total. The zero-order valence-corrected chi connectivity index (χ0v) is 16.7. The van der Waals surface area contributed by atoms with Crippen molar-refractivity contribution in [3.8, 4) is 11.3 Å². The summed E-state index contributed by atoms with van der Waals surface area (Å²) in [6.07, 6.45) is 0.841. The Kier molecular flexibility index (Phi) is 6.96. The number of anilines is 1. The predicted molar refractivity (Wildman–Crippen MR) is 110 cm³/mol. The molecule has 1 fully saturated rings. The molecular formula is C19H25N5O3S. The van der Waals surface area contributed by atoms with Gasteiger partial charge in [-0.2, -0.15) is 4.37 Å². The number of hydrogen-bond donors (Lipinski definition) is 3. The van der Waals surface area contributed by atoms with Crippen LogP contribution in [0.5, 0.6) is 0 Å². The SMILES string of the molecule is Cc1ccc(-c2nsc(NC(=O)NCCCN3CCOCC3)c2C(N)=O)cc1. The van der Waals surface area contributed by atoms with Crippen LogP contribution in [-0.2, 0) is 4.74 Å². The number of carbonyl (C=O) groups is 2. The molecule has 28 heavy (non-hydrogen) atoms. The summed E-state index contributed by atoms with van der Waals surface area (Å²) in [5, 5.41) is 5.87. The zero-order chi connectivity index (χ0) is 19.9. The smallest absolute Gasteiger partial charge is 0.319 e. The fourth-order valence-corrected chi connectivity index (χ4v) is 3.80. The Hall–Kier alpha value is -2.49. The van der Waals surface area contributed by atoms with E-state index in [-0.39, 0.29) is 11.6 Å². The number of nitrogens with two attached hydrogens (primary N) is 1. The van der Waals surface area contributed by atoms with Crippen LogP contribution in [0.1, 0.15) is 22.3 Å². The number of urea groups is 1. The Morgan fingerprint density at radius 2 is 1.96 bits per heavy atom. The average Bonchev–Trinajstić information content (AvgIpc) is 3.10. The lowest BCUT2D eigenvalue weighted by Gasteiger charge is -2.26. The molecule has 1 aliphatic heterocycles. The number of morpholine rings is 1. The van der Waals surface area contributed by atoms with Crippen LogP contribution in [0.2, 0.25) is 0 Å². The number of benzene rings is 1. The zero-order valence-electron chi connectivity index (χ0n) is 15.9. The summed E-state index contributed by atoms with van der Waals surface area (Å²) in [5.74, 6) is -0.619. The fraction of sp³-hybridized carbons (Fsp3) is 0.421. The Morgan fingerprint density at radius 3 is 2.64 bits per heavy atom. The summed E-state index contributed by atoms with van der Waals surface area (Å²) < 4.78 is 9.64. The Labute approximate surface area is 168 Å². The van der Waals surface area contributed by atoms with Crippen molar-refractivity contribution in [2.45, 2.75) is 13.3 Å². The largest absolute Gasteiger partial charge is 0.379 e. The van der Waals surface area contributed by atoms with Crippen LogP contribution in [0.25, 0.3) is 11.3 Å². The molecule has 8 nitrogen and oxygen atoms in total. The minimum absolute atomic E-state index is 0.234. The maximum Gasteiger partial charge on any atom is 0.319 e. The highest BCUT2D eigenvalue weighted by atomic mass is 32.1. The first-order valence-corrected chi connectivity index (χ1v) is 10.0. The van der Waals surface area contributed by atoms with Gasteiger partial charge in [0.05, 0.1) is 18.9 Å². The normalized spacial score (nSPS) is 14.6. The van der Waals surface area contributed by atoms with E-state index in [4.69, 9.17) is 10.5 Å². The molecule has 0 unspecified atom stereocenters. The van der Waals surface area contributed by atoms with E-state index >= 15 is 0 Å². The van der Waals surface area contributed by atoms with Gasteiger partial charge in [0.15, 0.2) is 0 Å². The average molecular weight is 404 g/mol. The van der Waals surface area contributed by atoms with Gasteiger partial charge in [-0.3, -0.25) is 15.0 Å². The molecule has 0 spiro atoms. The second kappa shape index (κ2) is 9.63. The highest BCUT2D eigenvalue weighted by Gasteiger charge is 2.21. The van der Waals surface area contributed by atoms with Crippen LogP contribution in [0.4, 0.5) is 9.80 Å². The minimum atomic E-state index is -0.619. The Balaban J connectivity index is 1.56. The number of primary amides is 1. The molecule has 1 aromatic heterocycles. The van der Waals surface area contributed by atoms with E-state index in [1.807, 2.05) is 31.2 Å². The number of nitrogens with one attached hydrogen (secondary N) is 2. The van der Waals surface area contributed by atoms with Crippen molar-refractivity contribution in [3.63, 3.8) is 0 Å². The maximum absolute atomic E-state index is 12.2. The third-order valence-electron chi connectivity index (χ3n) is 4.53. The molecule has 150 valence electrons. The van der Waals surface area contributed by atoms with E-state index in [1.54, 1.807) is 0 Å². The third-order valence-corrected chi connectivity index (χ3v) is 5.29. The van der Waals surface area contributed by atoms with Crippen molar-refractivity contribution in [3.05, 3.63) is 35.4 Å². The second-order valence-electron chi connectivity index (χ2n) is 6.65. The number of aromatic nitrogens is 1. The van der Waals surface area contributed by atoms with Crippen molar-refractivity contribution in [2.24, 2.45) is 5.73 Å². The number of ether oxygens (including phenoxy) is 1.